The molecule has 27 heavy (non-hydrogen) atoms. The van der Waals surface area contributed by atoms with Crippen LogP contribution >= 0.6 is 0 Å². The fourth-order valence-electron chi connectivity index (χ4n) is 3.95. The second-order valence-electron chi connectivity index (χ2n) is 6.67. The molecule has 0 radical (unpaired) electrons. The number of benzene rings is 2. The molecule has 0 aliphatic carbocycles. The first-order valence-electron chi connectivity index (χ1n) is 8.94. The summed E-state index contributed by atoms with van der Waals surface area (Å²) in [6.45, 7) is 1.13. The predicted octanol–water partition coefficient (Wildman–Crippen LogP) is 2.39. The lowest BCUT2D eigenvalue weighted by molar-refractivity contribution is -0.702. The van der Waals surface area contributed by atoms with Gasteiger partial charge in [-0.3, -0.25) is 0 Å². The molecular weight excluding hydrogens is 344 g/mol. The van der Waals surface area contributed by atoms with Gasteiger partial charge in [0.05, 0.1) is 25.6 Å². The number of hydrogen-bond donors (Lipinski definition) is 1. The Morgan fingerprint density at radius 1 is 1.00 bits per heavy atom. The molecule has 0 saturated heterocycles. The number of nitrogens with two attached hydrogens (primary N) is 1. The molecular formula is C21H21N2O4+. The number of hydrogen-bond acceptors (Lipinski definition) is 4. The average Bonchev–Trinajstić information content (AvgIpc) is 3.33. The van der Waals surface area contributed by atoms with Crippen molar-refractivity contribution in [3.63, 3.8) is 0 Å². The number of quaternary nitrogens is 1. The van der Waals surface area contributed by atoms with Gasteiger partial charge in [-0.1, -0.05) is 0 Å². The normalized spacial score (nSPS) is 17.0. The minimum atomic E-state index is 0.142. The molecule has 6 nitrogen and oxygen atoms in total. The van der Waals surface area contributed by atoms with Gasteiger partial charge in [-0.15, -0.1) is 0 Å². The van der Waals surface area contributed by atoms with Crippen molar-refractivity contribution in [2.75, 3.05) is 21.0 Å². The molecule has 1 atom stereocenters. The summed E-state index contributed by atoms with van der Waals surface area (Å²) in [5.74, 6) is 3.10. The highest BCUT2D eigenvalue weighted by Gasteiger charge is 2.29. The van der Waals surface area contributed by atoms with Crippen molar-refractivity contribution in [1.29, 1.82) is 0 Å². The smallest absolute Gasteiger partial charge is 0.231 e. The van der Waals surface area contributed by atoms with Crippen LogP contribution in [0.4, 0.5) is 0 Å². The van der Waals surface area contributed by atoms with Crippen molar-refractivity contribution in [2.45, 2.75) is 12.6 Å². The van der Waals surface area contributed by atoms with Crippen molar-refractivity contribution >= 4 is 0 Å². The molecule has 0 spiro atoms. The first-order valence-corrected chi connectivity index (χ1v) is 8.94. The fraction of sp³-hybridized carbons (Fsp3) is 0.238. The Morgan fingerprint density at radius 3 is 2.63 bits per heavy atom. The van der Waals surface area contributed by atoms with E-state index in [0.717, 1.165) is 35.2 Å². The summed E-state index contributed by atoms with van der Waals surface area (Å²) < 4.78 is 24.3. The maximum Gasteiger partial charge on any atom is 0.231 e. The van der Waals surface area contributed by atoms with Crippen LogP contribution in [0.25, 0.3) is 5.69 Å². The summed E-state index contributed by atoms with van der Waals surface area (Å²) >= 11 is 0. The molecule has 2 aliphatic heterocycles. The highest BCUT2D eigenvalue weighted by molar-refractivity contribution is 5.57. The molecule has 2 aromatic carbocycles. The van der Waals surface area contributed by atoms with Gasteiger partial charge in [0.25, 0.3) is 0 Å². The van der Waals surface area contributed by atoms with Gasteiger partial charge >= 0.3 is 0 Å². The van der Waals surface area contributed by atoms with E-state index in [4.69, 9.17) is 18.9 Å². The zero-order valence-corrected chi connectivity index (χ0v) is 15.3. The van der Waals surface area contributed by atoms with Crippen molar-refractivity contribution in [3.05, 3.63) is 65.5 Å². The minimum absolute atomic E-state index is 0.142. The van der Waals surface area contributed by atoms with Crippen LogP contribution in [0.5, 0.6) is 23.0 Å². The average molecular weight is 365 g/mol. The Balaban J connectivity index is 1.61. The minimum Gasteiger partial charge on any atom is -0.493 e. The molecule has 2 N–H and O–H groups in total. The first kappa shape index (κ1) is 16.1. The lowest BCUT2D eigenvalue weighted by Gasteiger charge is -2.17. The zero-order chi connectivity index (χ0) is 18.4. The SMILES string of the molecule is COc1ccc([C@@H]2[NH2+]Cc3cc4c(cc3-n3cccc32)OCO4)cc1OC. The number of aromatic nitrogens is 1. The fourth-order valence-corrected chi connectivity index (χ4v) is 3.95. The van der Waals surface area contributed by atoms with Crippen LogP contribution in [-0.4, -0.2) is 25.6 Å². The van der Waals surface area contributed by atoms with Gasteiger partial charge in [0.15, 0.2) is 29.0 Å². The Morgan fingerprint density at radius 2 is 1.81 bits per heavy atom. The van der Waals surface area contributed by atoms with Crippen LogP contribution in [-0.2, 0) is 6.54 Å². The third-order valence-corrected chi connectivity index (χ3v) is 5.27. The summed E-state index contributed by atoms with van der Waals surface area (Å²) in [5, 5.41) is 2.33. The summed E-state index contributed by atoms with van der Waals surface area (Å²) in [7, 11) is 3.32. The van der Waals surface area contributed by atoms with E-state index in [0.29, 0.717) is 0 Å². The van der Waals surface area contributed by atoms with Crippen molar-refractivity contribution in [1.82, 2.24) is 4.57 Å². The Labute approximate surface area is 157 Å². The van der Waals surface area contributed by atoms with Crippen LogP contribution in [0.1, 0.15) is 22.9 Å². The van der Waals surface area contributed by atoms with Gasteiger partial charge in [0.1, 0.15) is 6.54 Å². The van der Waals surface area contributed by atoms with E-state index in [1.165, 1.54) is 16.8 Å². The van der Waals surface area contributed by atoms with Gasteiger partial charge in [-0.25, -0.2) is 0 Å². The second kappa shape index (κ2) is 6.25. The Hall–Kier alpha value is -3.12. The molecule has 0 saturated carbocycles. The lowest BCUT2D eigenvalue weighted by Crippen LogP contribution is -2.83. The molecule has 138 valence electrons. The number of methoxy groups -OCH3 is 2. The van der Waals surface area contributed by atoms with Crippen LogP contribution in [0.2, 0.25) is 0 Å². The van der Waals surface area contributed by atoms with E-state index >= 15 is 0 Å². The largest absolute Gasteiger partial charge is 0.493 e. The van der Waals surface area contributed by atoms with E-state index < -0.39 is 0 Å². The van der Waals surface area contributed by atoms with Gasteiger partial charge in [0, 0.05) is 23.4 Å². The van der Waals surface area contributed by atoms with Crippen LogP contribution < -0.4 is 24.3 Å². The summed E-state index contributed by atoms with van der Waals surface area (Å²) in [6.07, 6.45) is 2.10. The number of ether oxygens (including phenoxy) is 4. The van der Waals surface area contributed by atoms with E-state index in [1.54, 1.807) is 14.2 Å². The molecule has 3 aromatic rings. The van der Waals surface area contributed by atoms with Crippen molar-refractivity contribution < 1.29 is 24.3 Å². The third kappa shape index (κ3) is 2.52. The summed E-state index contributed by atoms with van der Waals surface area (Å²) in [4.78, 5) is 0. The molecule has 2 aliphatic rings. The summed E-state index contributed by atoms with van der Waals surface area (Å²) in [6, 6.07) is 14.7. The highest BCUT2D eigenvalue weighted by atomic mass is 16.7. The molecule has 6 heteroatoms. The molecule has 3 heterocycles. The van der Waals surface area contributed by atoms with Gasteiger partial charge in [-0.2, -0.15) is 0 Å². The van der Waals surface area contributed by atoms with Gasteiger partial charge in [0.2, 0.25) is 6.79 Å². The molecule has 1 aromatic heterocycles. The van der Waals surface area contributed by atoms with E-state index in [1.807, 2.05) is 6.07 Å². The Kier molecular flexibility index (Phi) is 3.72. The summed E-state index contributed by atoms with van der Waals surface area (Å²) in [5.41, 5.74) is 4.73. The molecule has 0 bridgehead atoms. The van der Waals surface area contributed by atoms with E-state index in [9.17, 15) is 0 Å². The third-order valence-electron chi connectivity index (χ3n) is 5.27. The second-order valence-corrected chi connectivity index (χ2v) is 6.67. The van der Waals surface area contributed by atoms with Crippen LogP contribution in [0.3, 0.4) is 0 Å². The maximum atomic E-state index is 5.59. The topological polar surface area (TPSA) is 58.5 Å². The molecule has 0 fully saturated rings. The lowest BCUT2D eigenvalue weighted by atomic mass is 10.0. The quantitative estimate of drug-likeness (QED) is 0.774. The number of rotatable bonds is 3. The van der Waals surface area contributed by atoms with Crippen molar-refractivity contribution in [3.8, 4) is 28.7 Å². The standard InChI is InChI=1S/C21H20N2O4/c1-24-17-6-5-13(8-18(17)25-2)21-15-4-3-7-23(15)16-10-20-19(26-12-27-20)9-14(16)11-22-21/h3-10,21-22H,11-12H2,1-2H3/p+1/t21-/m0/s1. The predicted molar refractivity (Wildman–Crippen MR) is 98.9 cm³/mol. The monoisotopic (exact) mass is 365 g/mol. The Bertz CT molecular complexity index is 1010. The first-order chi connectivity index (χ1) is 13.3. The van der Waals surface area contributed by atoms with Gasteiger partial charge in [-0.05, 0) is 36.4 Å². The van der Waals surface area contributed by atoms with Crippen LogP contribution in [0.15, 0.2) is 48.7 Å². The van der Waals surface area contributed by atoms with Gasteiger partial charge < -0.3 is 28.8 Å². The molecule has 0 unspecified atom stereocenters. The number of nitrogens with zero attached hydrogens (tertiary/aromatic N) is 1. The molecule has 5 rings (SSSR count). The van der Waals surface area contributed by atoms with E-state index in [2.05, 4.69) is 52.5 Å². The van der Waals surface area contributed by atoms with Crippen molar-refractivity contribution in [2.24, 2.45) is 0 Å². The van der Waals surface area contributed by atoms with E-state index in [-0.39, 0.29) is 12.8 Å². The number of fused-ring (bicyclic) bond motifs is 4. The zero-order valence-electron chi connectivity index (χ0n) is 15.3. The molecule has 0 amide bonds. The maximum absolute atomic E-state index is 5.59. The van der Waals surface area contributed by atoms with Crippen LogP contribution in [0, 0.1) is 0 Å². The highest BCUT2D eigenvalue weighted by Crippen LogP contribution is 2.38.